The van der Waals surface area contributed by atoms with Gasteiger partial charge in [-0.1, -0.05) is 41.9 Å². The summed E-state index contributed by atoms with van der Waals surface area (Å²) in [5.74, 6) is -4.73. The van der Waals surface area contributed by atoms with Crippen LogP contribution in [0, 0.1) is 18.2 Å². The fraction of sp³-hybridized carbons (Fsp3) is 0.200. The molecule has 0 spiro atoms. The van der Waals surface area contributed by atoms with Gasteiger partial charge in [0.15, 0.2) is 5.69 Å². The topological polar surface area (TPSA) is 96.1 Å². The number of nitrogens with zero attached hydrogens (tertiary/aromatic N) is 3. The van der Waals surface area contributed by atoms with Crippen molar-refractivity contribution in [3.8, 4) is 11.1 Å². The molecule has 0 radical (unpaired) electrons. The van der Waals surface area contributed by atoms with Crippen LogP contribution in [-0.4, -0.2) is 54.3 Å². The fourth-order valence-corrected chi connectivity index (χ4v) is 5.13. The molecule has 1 aromatic heterocycles. The van der Waals surface area contributed by atoms with Crippen LogP contribution in [0.25, 0.3) is 26.9 Å². The Kier molecular flexibility index (Phi) is 8.10. The van der Waals surface area contributed by atoms with E-state index < -0.39 is 35.1 Å². The average Bonchev–Trinajstić information content (AvgIpc) is 2.97. The van der Waals surface area contributed by atoms with Crippen LogP contribution in [-0.2, 0) is 16.0 Å². The minimum absolute atomic E-state index is 0.178. The number of benzene rings is 3. The molecule has 1 amide bonds. The zero-order valence-electron chi connectivity index (χ0n) is 21.5. The molecule has 1 aliphatic heterocycles. The van der Waals surface area contributed by atoms with Crippen LogP contribution in [0.1, 0.15) is 15.9 Å². The number of hydrogen-bond acceptors (Lipinski definition) is 5. The first kappa shape index (κ1) is 28.0. The predicted octanol–water partition coefficient (Wildman–Crippen LogP) is 5.65. The van der Waals surface area contributed by atoms with E-state index in [1.165, 1.54) is 0 Å². The van der Waals surface area contributed by atoms with Gasteiger partial charge in [0, 0.05) is 47.4 Å². The van der Waals surface area contributed by atoms with Gasteiger partial charge in [0.05, 0.1) is 25.3 Å². The Balaban J connectivity index is 1.43. The number of pyridine rings is 1. The number of amides is 1. The number of halogens is 3. The largest absolute Gasteiger partial charge is 0.480 e. The van der Waals surface area contributed by atoms with Gasteiger partial charge in [0.25, 0.3) is 5.91 Å². The van der Waals surface area contributed by atoms with Gasteiger partial charge < -0.3 is 20.1 Å². The van der Waals surface area contributed by atoms with E-state index in [2.05, 4.69) is 15.1 Å². The molecule has 41 heavy (non-hydrogen) atoms. The Hall–Kier alpha value is -4.59. The molecular formula is C30H23ClF2N4O4. The third kappa shape index (κ3) is 5.82. The summed E-state index contributed by atoms with van der Waals surface area (Å²) in [4.78, 5) is 34.7. The number of anilines is 1. The number of carboxylic acid groups (broad SMARTS) is 1. The number of nitrogens with one attached hydrogen (secondary N) is 1. The van der Waals surface area contributed by atoms with Gasteiger partial charge in [0.1, 0.15) is 23.2 Å². The van der Waals surface area contributed by atoms with Crippen molar-refractivity contribution in [2.45, 2.75) is 12.5 Å². The van der Waals surface area contributed by atoms with E-state index >= 15 is 0 Å². The van der Waals surface area contributed by atoms with E-state index in [0.717, 1.165) is 12.1 Å². The predicted molar refractivity (Wildman–Crippen MR) is 150 cm³/mol. The molecule has 1 saturated heterocycles. The van der Waals surface area contributed by atoms with E-state index in [-0.39, 0.29) is 12.1 Å². The van der Waals surface area contributed by atoms with Crippen LogP contribution >= 0.6 is 11.6 Å². The van der Waals surface area contributed by atoms with Crippen LogP contribution < -0.4 is 10.2 Å². The summed E-state index contributed by atoms with van der Waals surface area (Å²) < 4.78 is 35.2. The molecule has 8 nitrogen and oxygen atoms in total. The van der Waals surface area contributed by atoms with Crippen molar-refractivity contribution in [2.75, 3.05) is 31.2 Å². The molecule has 5 rings (SSSR count). The van der Waals surface area contributed by atoms with E-state index in [4.69, 9.17) is 22.9 Å². The number of carbonyl (C=O) groups is 2. The van der Waals surface area contributed by atoms with Crippen LogP contribution in [0.2, 0.25) is 5.02 Å². The lowest BCUT2D eigenvalue weighted by Crippen LogP contribution is -2.43. The monoisotopic (exact) mass is 576 g/mol. The first-order valence-electron chi connectivity index (χ1n) is 12.7. The van der Waals surface area contributed by atoms with Crippen molar-refractivity contribution in [3.63, 3.8) is 0 Å². The Labute approximate surface area is 239 Å². The highest BCUT2D eigenvalue weighted by Gasteiger charge is 2.27. The molecule has 2 heterocycles. The number of rotatable bonds is 7. The minimum atomic E-state index is -1.49. The molecule has 2 N–H and O–H groups in total. The lowest BCUT2D eigenvalue weighted by molar-refractivity contribution is -0.139. The first-order chi connectivity index (χ1) is 19.8. The van der Waals surface area contributed by atoms with Crippen molar-refractivity contribution in [3.05, 3.63) is 100.0 Å². The normalized spacial score (nSPS) is 14.0. The van der Waals surface area contributed by atoms with E-state index in [9.17, 15) is 23.5 Å². The lowest BCUT2D eigenvalue weighted by Gasteiger charge is -2.29. The van der Waals surface area contributed by atoms with Gasteiger partial charge in [-0.2, -0.15) is 0 Å². The summed E-state index contributed by atoms with van der Waals surface area (Å²) in [6, 6.07) is 12.4. The number of fused-ring (bicyclic) bond motifs is 1. The second-order valence-electron chi connectivity index (χ2n) is 9.40. The standard InChI is InChI=1S/C30H23ClF2N4O4/c1-34-18-5-7-21(23(31)14-18)22-6-4-17(20-3-2-8-35-28(20)22)13-26(30(39)40)36-29(38)27-24(32)15-19(16-25(27)33)37-9-11-41-12-10-37/h2-8,14-16,26H,9-13H2,(H,36,38)(H,39,40)/t26-/m0/s1. The molecule has 1 fully saturated rings. The molecule has 1 aliphatic rings. The summed E-state index contributed by atoms with van der Waals surface area (Å²) in [7, 11) is 0. The van der Waals surface area contributed by atoms with Gasteiger partial charge in [0.2, 0.25) is 0 Å². The molecule has 11 heteroatoms. The maximum atomic E-state index is 14.9. The minimum Gasteiger partial charge on any atom is -0.480 e. The molecule has 4 aromatic rings. The molecule has 3 aromatic carbocycles. The highest BCUT2D eigenvalue weighted by atomic mass is 35.5. The Morgan fingerprint density at radius 3 is 2.46 bits per heavy atom. The summed E-state index contributed by atoms with van der Waals surface area (Å²) in [6.45, 7) is 8.91. The summed E-state index contributed by atoms with van der Waals surface area (Å²) in [6.07, 6.45) is 1.41. The maximum absolute atomic E-state index is 14.9. The third-order valence-corrected chi connectivity index (χ3v) is 7.20. The van der Waals surface area contributed by atoms with Gasteiger partial charge in [-0.25, -0.2) is 18.4 Å². The maximum Gasteiger partial charge on any atom is 0.326 e. The molecule has 0 saturated carbocycles. The van der Waals surface area contributed by atoms with Crippen LogP contribution in [0.4, 0.5) is 20.2 Å². The van der Waals surface area contributed by atoms with E-state index in [1.807, 2.05) is 0 Å². The van der Waals surface area contributed by atoms with Crippen LogP contribution in [0.5, 0.6) is 0 Å². The third-order valence-electron chi connectivity index (χ3n) is 6.89. The molecule has 0 bridgehead atoms. The second-order valence-corrected chi connectivity index (χ2v) is 9.81. The summed E-state index contributed by atoms with van der Waals surface area (Å²) >= 11 is 6.44. The second kappa shape index (κ2) is 11.9. The SMILES string of the molecule is [C-]#[N+]c1ccc(-c2ccc(C[C@H](NC(=O)c3c(F)cc(N4CCOCC4)cc3F)C(=O)O)c3cccnc23)c(Cl)c1. The number of carboxylic acids is 1. The number of aromatic nitrogens is 1. The van der Waals surface area contributed by atoms with Gasteiger partial charge in [-0.15, -0.1) is 0 Å². The highest BCUT2D eigenvalue weighted by Crippen LogP contribution is 2.36. The summed E-state index contributed by atoms with van der Waals surface area (Å²) in [5.41, 5.74) is 2.20. The van der Waals surface area contributed by atoms with Gasteiger partial charge in [-0.3, -0.25) is 9.78 Å². The van der Waals surface area contributed by atoms with Crippen molar-refractivity contribution in [1.82, 2.24) is 10.3 Å². The lowest BCUT2D eigenvalue weighted by atomic mass is 9.95. The molecular weight excluding hydrogens is 554 g/mol. The van der Waals surface area contributed by atoms with Gasteiger partial charge >= 0.3 is 5.97 Å². The molecule has 1 atom stereocenters. The smallest absolute Gasteiger partial charge is 0.326 e. The number of hydrogen-bond donors (Lipinski definition) is 2. The van der Waals surface area contributed by atoms with Crippen LogP contribution in [0.15, 0.2) is 60.8 Å². The number of ether oxygens (including phenoxy) is 1. The zero-order valence-corrected chi connectivity index (χ0v) is 22.3. The Bertz CT molecular complexity index is 1680. The van der Waals surface area contributed by atoms with Crippen molar-refractivity contribution >= 4 is 45.8 Å². The zero-order chi connectivity index (χ0) is 29.1. The first-order valence-corrected chi connectivity index (χ1v) is 13.0. The number of morpholine rings is 1. The summed E-state index contributed by atoms with van der Waals surface area (Å²) in [5, 5.41) is 13.1. The highest BCUT2D eigenvalue weighted by molar-refractivity contribution is 6.34. The number of carbonyl (C=O) groups excluding carboxylic acids is 1. The van der Waals surface area contributed by atoms with Crippen molar-refractivity contribution < 1.29 is 28.2 Å². The molecule has 0 aliphatic carbocycles. The quantitative estimate of drug-likeness (QED) is 0.276. The number of aliphatic carboxylic acids is 1. The van der Waals surface area contributed by atoms with E-state index in [1.54, 1.807) is 53.6 Å². The van der Waals surface area contributed by atoms with E-state index in [0.29, 0.717) is 64.6 Å². The van der Waals surface area contributed by atoms with Crippen molar-refractivity contribution in [2.24, 2.45) is 0 Å². The van der Waals surface area contributed by atoms with Crippen molar-refractivity contribution in [1.29, 1.82) is 0 Å². The van der Waals surface area contributed by atoms with Gasteiger partial charge in [-0.05, 0) is 35.4 Å². The van der Waals surface area contributed by atoms with Crippen LogP contribution in [0.3, 0.4) is 0 Å². The molecule has 0 unspecified atom stereocenters. The Morgan fingerprint density at radius 1 is 1.10 bits per heavy atom. The average molecular weight is 577 g/mol. The molecule has 208 valence electrons. The Morgan fingerprint density at radius 2 is 1.80 bits per heavy atom. The fourth-order valence-electron chi connectivity index (χ4n) is 4.85.